The molecule has 5 rings (SSSR count). The molecule has 3 N–H and O–H groups in total. The number of benzene rings is 3. The highest BCUT2D eigenvalue weighted by Gasteiger charge is 2.20. The number of aliphatic hydroxyl groups excluding tert-OH is 1. The van der Waals surface area contributed by atoms with E-state index < -0.39 is 12.1 Å². The van der Waals surface area contributed by atoms with Crippen LogP contribution in [0.3, 0.4) is 0 Å². The molecule has 3 aromatic carbocycles. The standard InChI is InChI=1S/C30H30N2O5/c33-26(20-36-27-12-9-25(10-13-27)32-15-1-2-16-32)18-31-19-28-11-7-24-17-23(8-14-29(24)37-28)21-3-5-22(6-4-21)30(34)35/h1-6,8-10,12-17,26,28,31,33H,7,11,18-20H2,(H,34,35)/t26-,28+/m0/s1. The Balaban J connectivity index is 1.06. The Morgan fingerprint density at radius 3 is 2.49 bits per heavy atom. The number of aromatic nitrogens is 1. The number of hydrogen-bond acceptors (Lipinski definition) is 5. The number of hydrogen-bond donors (Lipinski definition) is 3. The normalized spacial score (nSPS) is 15.4. The molecular formula is C30H30N2O5. The smallest absolute Gasteiger partial charge is 0.335 e. The number of nitrogens with zero attached hydrogens (tertiary/aromatic N) is 1. The van der Waals surface area contributed by atoms with E-state index in [-0.39, 0.29) is 18.3 Å². The predicted molar refractivity (Wildman–Crippen MR) is 142 cm³/mol. The highest BCUT2D eigenvalue weighted by atomic mass is 16.5. The molecule has 4 aromatic rings. The van der Waals surface area contributed by atoms with E-state index in [2.05, 4.69) is 11.4 Å². The minimum absolute atomic E-state index is 0.0301. The number of fused-ring (bicyclic) bond motifs is 1. The molecule has 7 heteroatoms. The van der Waals surface area contributed by atoms with Crippen molar-refractivity contribution in [3.8, 4) is 28.3 Å². The molecule has 7 nitrogen and oxygen atoms in total. The molecule has 37 heavy (non-hydrogen) atoms. The lowest BCUT2D eigenvalue weighted by Gasteiger charge is -2.27. The first-order valence-electron chi connectivity index (χ1n) is 12.4. The van der Waals surface area contributed by atoms with Crippen LogP contribution in [0.25, 0.3) is 16.8 Å². The Kier molecular flexibility index (Phi) is 7.54. The lowest BCUT2D eigenvalue weighted by atomic mass is 9.96. The van der Waals surface area contributed by atoms with E-state index >= 15 is 0 Å². The van der Waals surface area contributed by atoms with E-state index in [1.54, 1.807) is 12.1 Å². The van der Waals surface area contributed by atoms with Crippen LogP contribution in [0.5, 0.6) is 11.5 Å². The van der Waals surface area contributed by atoms with Gasteiger partial charge in [-0.2, -0.15) is 0 Å². The lowest BCUT2D eigenvalue weighted by molar-refractivity contribution is 0.0697. The number of rotatable bonds is 10. The summed E-state index contributed by atoms with van der Waals surface area (Å²) >= 11 is 0. The number of carbonyl (C=O) groups is 1. The van der Waals surface area contributed by atoms with Crippen molar-refractivity contribution < 1.29 is 24.5 Å². The molecule has 0 bridgehead atoms. The molecular weight excluding hydrogens is 468 g/mol. The maximum atomic E-state index is 11.1. The first-order chi connectivity index (χ1) is 18.0. The van der Waals surface area contributed by atoms with Crippen molar-refractivity contribution in [2.45, 2.75) is 25.0 Å². The summed E-state index contributed by atoms with van der Waals surface area (Å²) in [4.78, 5) is 11.1. The Labute approximate surface area is 215 Å². The van der Waals surface area contributed by atoms with Crippen molar-refractivity contribution in [1.82, 2.24) is 9.88 Å². The number of carboxylic acids is 1. The second-order valence-electron chi connectivity index (χ2n) is 9.19. The number of nitrogens with one attached hydrogen (secondary N) is 1. The van der Waals surface area contributed by atoms with E-state index in [0.717, 1.165) is 46.7 Å². The highest BCUT2D eigenvalue weighted by molar-refractivity contribution is 5.88. The second kappa shape index (κ2) is 11.3. The second-order valence-corrected chi connectivity index (χ2v) is 9.19. The van der Waals surface area contributed by atoms with E-state index in [9.17, 15) is 9.90 Å². The molecule has 2 heterocycles. The van der Waals surface area contributed by atoms with Gasteiger partial charge in [0, 0.05) is 31.2 Å². The zero-order valence-corrected chi connectivity index (χ0v) is 20.4. The first-order valence-corrected chi connectivity index (χ1v) is 12.4. The lowest BCUT2D eigenvalue weighted by Crippen LogP contribution is -2.39. The molecule has 190 valence electrons. The van der Waals surface area contributed by atoms with Crippen molar-refractivity contribution in [3.63, 3.8) is 0 Å². The Morgan fingerprint density at radius 2 is 1.76 bits per heavy atom. The third-order valence-corrected chi connectivity index (χ3v) is 6.49. The molecule has 0 saturated heterocycles. The van der Waals surface area contributed by atoms with Crippen LogP contribution in [0.1, 0.15) is 22.3 Å². The van der Waals surface area contributed by atoms with Gasteiger partial charge in [-0.25, -0.2) is 4.79 Å². The van der Waals surface area contributed by atoms with E-state index in [1.807, 2.05) is 77.6 Å². The number of ether oxygens (including phenoxy) is 2. The summed E-state index contributed by atoms with van der Waals surface area (Å²) in [5.74, 6) is 0.666. The molecule has 0 amide bonds. The fraction of sp³-hybridized carbons (Fsp3) is 0.233. The van der Waals surface area contributed by atoms with Crippen LogP contribution in [0, 0.1) is 0 Å². The van der Waals surface area contributed by atoms with Gasteiger partial charge in [0.15, 0.2) is 0 Å². The third-order valence-electron chi connectivity index (χ3n) is 6.49. The van der Waals surface area contributed by atoms with Crippen LogP contribution < -0.4 is 14.8 Å². The minimum atomic E-state index is -0.927. The topological polar surface area (TPSA) is 93.0 Å². The average molecular weight is 499 g/mol. The number of carboxylic acid groups (broad SMARTS) is 1. The Bertz CT molecular complexity index is 1320. The molecule has 0 saturated carbocycles. The summed E-state index contributed by atoms with van der Waals surface area (Å²) in [5, 5.41) is 22.7. The van der Waals surface area contributed by atoms with Gasteiger partial charge in [0.2, 0.25) is 0 Å². The fourth-order valence-electron chi connectivity index (χ4n) is 4.46. The van der Waals surface area contributed by atoms with Gasteiger partial charge in [0.05, 0.1) is 5.56 Å². The van der Waals surface area contributed by atoms with Crippen molar-refractivity contribution in [2.24, 2.45) is 0 Å². The summed E-state index contributed by atoms with van der Waals surface area (Å²) in [6.45, 7) is 1.26. The van der Waals surface area contributed by atoms with Crippen molar-refractivity contribution >= 4 is 5.97 Å². The van der Waals surface area contributed by atoms with Gasteiger partial charge >= 0.3 is 5.97 Å². The SMILES string of the molecule is O=C(O)c1ccc(-c2ccc3c(c2)CC[C@H](CNC[C@H](O)COc2ccc(-n4cccc4)cc2)O3)cc1. The summed E-state index contributed by atoms with van der Waals surface area (Å²) < 4.78 is 13.9. The van der Waals surface area contributed by atoms with Gasteiger partial charge in [0.1, 0.15) is 30.3 Å². The molecule has 1 aliphatic heterocycles. The van der Waals surface area contributed by atoms with E-state index in [4.69, 9.17) is 14.6 Å². The van der Waals surface area contributed by atoms with Crippen LogP contribution in [0.15, 0.2) is 91.3 Å². The third kappa shape index (κ3) is 6.20. The molecule has 0 radical (unpaired) electrons. The fourth-order valence-corrected chi connectivity index (χ4v) is 4.46. The average Bonchev–Trinajstić information content (AvgIpc) is 3.47. The van der Waals surface area contributed by atoms with Crippen LogP contribution in [-0.4, -0.2) is 52.7 Å². The number of aliphatic hydroxyl groups is 1. The van der Waals surface area contributed by atoms with Crippen LogP contribution in [0.4, 0.5) is 0 Å². The van der Waals surface area contributed by atoms with Gasteiger partial charge in [-0.1, -0.05) is 18.2 Å². The zero-order valence-electron chi connectivity index (χ0n) is 20.4. The molecule has 0 aliphatic carbocycles. The molecule has 0 unspecified atom stereocenters. The van der Waals surface area contributed by atoms with Gasteiger partial charge in [-0.3, -0.25) is 0 Å². The van der Waals surface area contributed by atoms with Crippen LogP contribution in [0.2, 0.25) is 0 Å². The summed E-state index contributed by atoms with van der Waals surface area (Å²) in [6.07, 6.45) is 5.15. The molecule has 2 atom stereocenters. The monoisotopic (exact) mass is 498 g/mol. The zero-order chi connectivity index (χ0) is 25.6. The largest absolute Gasteiger partial charge is 0.491 e. The Hall–Kier alpha value is -4.07. The number of aryl methyl sites for hydroxylation is 1. The van der Waals surface area contributed by atoms with Gasteiger partial charge in [-0.15, -0.1) is 0 Å². The quantitative estimate of drug-likeness (QED) is 0.297. The van der Waals surface area contributed by atoms with Crippen molar-refractivity contribution in [2.75, 3.05) is 19.7 Å². The van der Waals surface area contributed by atoms with Crippen LogP contribution >= 0.6 is 0 Å². The molecule has 0 spiro atoms. The van der Waals surface area contributed by atoms with Gasteiger partial charge < -0.3 is 29.6 Å². The first kappa shape index (κ1) is 24.6. The highest BCUT2D eigenvalue weighted by Crippen LogP contribution is 2.32. The maximum Gasteiger partial charge on any atom is 0.335 e. The Morgan fingerprint density at radius 1 is 1.03 bits per heavy atom. The van der Waals surface area contributed by atoms with Crippen molar-refractivity contribution in [1.29, 1.82) is 0 Å². The summed E-state index contributed by atoms with van der Waals surface area (Å²) in [7, 11) is 0. The maximum absolute atomic E-state index is 11.1. The molecule has 0 fully saturated rings. The van der Waals surface area contributed by atoms with E-state index in [0.29, 0.717) is 13.1 Å². The summed E-state index contributed by atoms with van der Waals surface area (Å²) in [6, 6.07) is 24.7. The van der Waals surface area contributed by atoms with Crippen molar-refractivity contribution in [3.05, 3.63) is 102 Å². The van der Waals surface area contributed by atoms with Gasteiger partial charge in [0.25, 0.3) is 0 Å². The molecule has 1 aromatic heterocycles. The summed E-state index contributed by atoms with van der Waals surface area (Å²) in [5.41, 5.74) is 4.49. The minimum Gasteiger partial charge on any atom is -0.491 e. The van der Waals surface area contributed by atoms with Gasteiger partial charge in [-0.05, 0) is 90.2 Å². The predicted octanol–water partition coefficient (Wildman–Crippen LogP) is 4.57. The van der Waals surface area contributed by atoms with E-state index in [1.165, 1.54) is 0 Å². The van der Waals surface area contributed by atoms with Crippen LogP contribution in [-0.2, 0) is 6.42 Å². The molecule has 1 aliphatic rings. The number of aromatic carboxylic acids is 1.